The van der Waals surface area contributed by atoms with Crippen molar-refractivity contribution in [1.29, 1.82) is 0 Å². The lowest BCUT2D eigenvalue weighted by Crippen LogP contribution is -2.09. The van der Waals surface area contributed by atoms with E-state index in [2.05, 4.69) is 120 Å². The van der Waals surface area contributed by atoms with Crippen LogP contribution in [0.2, 0.25) is 0 Å². The maximum Gasteiger partial charge on any atom is 0.227 e. The Labute approximate surface area is 278 Å². The highest BCUT2D eigenvalue weighted by molar-refractivity contribution is 6.22. The van der Waals surface area contributed by atoms with Crippen LogP contribution in [0.4, 0.5) is 17.1 Å². The van der Waals surface area contributed by atoms with E-state index < -0.39 is 0 Å². The standard InChI is InChI=1S/C44H29N3O/c1-5-14-30(15-6-1)39-22-13-23-40(45-39)38-28-32-24-25-35(47(33-18-9-3-10-19-33)34-20-11-4-12-21-34)29-37(32)42-36(38)26-27-41-43(42)48-44(46-41)31-16-7-2-8-17-31/h1-29H. The summed E-state index contributed by atoms with van der Waals surface area (Å²) in [5.41, 5.74) is 9.72. The minimum absolute atomic E-state index is 0.604. The first-order valence-corrected chi connectivity index (χ1v) is 16.1. The molecule has 4 heteroatoms. The number of aromatic nitrogens is 2. The Bertz CT molecular complexity index is 2510. The number of hydrogen-bond donors (Lipinski definition) is 0. The minimum Gasteiger partial charge on any atom is -0.435 e. The fourth-order valence-electron chi connectivity index (χ4n) is 6.61. The van der Waals surface area contributed by atoms with Crippen molar-refractivity contribution in [2.45, 2.75) is 0 Å². The maximum absolute atomic E-state index is 6.68. The SMILES string of the molecule is c1ccc(-c2cccc(-c3cc4ccc(N(c5ccccc5)c5ccccc5)cc4c4c3ccc3nc(-c5ccccc5)oc34)n2)cc1. The van der Waals surface area contributed by atoms with Crippen molar-refractivity contribution >= 4 is 49.7 Å². The zero-order chi connectivity index (χ0) is 31.9. The van der Waals surface area contributed by atoms with E-state index in [4.69, 9.17) is 14.4 Å². The first-order chi connectivity index (χ1) is 23.8. The molecule has 0 aliphatic heterocycles. The first kappa shape index (κ1) is 27.8. The van der Waals surface area contributed by atoms with Gasteiger partial charge in [0.1, 0.15) is 5.52 Å². The molecule has 0 amide bonds. The zero-order valence-corrected chi connectivity index (χ0v) is 26.0. The molecular formula is C44H29N3O. The van der Waals surface area contributed by atoms with Crippen LogP contribution in [0.1, 0.15) is 0 Å². The van der Waals surface area contributed by atoms with Crippen LogP contribution >= 0.6 is 0 Å². The molecule has 0 spiro atoms. The van der Waals surface area contributed by atoms with Crippen molar-refractivity contribution in [2.75, 3.05) is 4.90 Å². The number of nitrogens with zero attached hydrogens (tertiary/aromatic N) is 3. The van der Waals surface area contributed by atoms with Gasteiger partial charge in [-0.2, -0.15) is 0 Å². The molecule has 0 atom stereocenters. The summed E-state index contributed by atoms with van der Waals surface area (Å²) in [5.74, 6) is 0.604. The number of rotatable bonds is 6. The second-order valence-corrected chi connectivity index (χ2v) is 11.8. The Morgan fingerprint density at radius 2 is 1.06 bits per heavy atom. The van der Waals surface area contributed by atoms with Crippen molar-refractivity contribution in [3.05, 3.63) is 176 Å². The topological polar surface area (TPSA) is 42.2 Å². The molecule has 0 aliphatic rings. The summed E-state index contributed by atoms with van der Waals surface area (Å²) < 4.78 is 6.68. The third-order valence-corrected chi connectivity index (χ3v) is 8.86. The van der Waals surface area contributed by atoms with E-state index in [1.807, 2.05) is 60.7 Å². The molecule has 2 heterocycles. The van der Waals surface area contributed by atoms with Gasteiger partial charge in [0.25, 0.3) is 0 Å². The number of hydrogen-bond acceptors (Lipinski definition) is 4. The summed E-state index contributed by atoms with van der Waals surface area (Å²) in [5, 5.41) is 4.26. The summed E-state index contributed by atoms with van der Waals surface area (Å²) in [7, 11) is 0. The lowest BCUT2D eigenvalue weighted by molar-refractivity contribution is 0.623. The molecule has 9 aromatic rings. The summed E-state index contributed by atoms with van der Waals surface area (Å²) in [6.07, 6.45) is 0. The summed E-state index contributed by atoms with van der Waals surface area (Å²) >= 11 is 0. The van der Waals surface area contributed by atoms with Crippen LogP contribution in [-0.2, 0) is 0 Å². The van der Waals surface area contributed by atoms with E-state index in [0.717, 1.165) is 77.8 Å². The van der Waals surface area contributed by atoms with Crippen LogP contribution in [0.5, 0.6) is 0 Å². The highest BCUT2D eigenvalue weighted by Gasteiger charge is 2.20. The van der Waals surface area contributed by atoms with E-state index in [-0.39, 0.29) is 0 Å². The van der Waals surface area contributed by atoms with E-state index in [0.29, 0.717) is 5.89 Å². The Hall–Kier alpha value is -6.52. The molecule has 0 saturated heterocycles. The predicted octanol–water partition coefficient (Wildman–Crippen LogP) is 12.0. The van der Waals surface area contributed by atoms with Gasteiger partial charge in [-0.05, 0) is 89.0 Å². The highest BCUT2D eigenvalue weighted by Crippen LogP contribution is 2.43. The third-order valence-electron chi connectivity index (χ3n) is 8.86. The molecule has 0 radical (unpaired) electrons. The molecule has 226 valence electrons. The lowest BCUT2D eigenvalue weighted by Gasteiger charge is -2.26. The van der Waals surface area contributed by atoms with Gasteiger partial charge < -0.3 is 9.32 Å². The van der Waals surface area contributed by atoms with E-state index >= 15 is 0 Å². The molecule has 48 heavy (non-hydrogen) atoms. The normalized spacial score (nSPS) is 11.3. The van der Waals surface area contributed by atoms with Gasteiger partial charge in [-0.1, -0.05) is 103 Å². The largest absolute Gasteiger partial charge is 0.435 e. The fourth-order valence-corrected chi connectivity index (χ4v) is 6.61. The van der Waals surface area contributed by atoms with Crippen molar-refractivity contribution in [2.24, 2.45) is 0 Å². The van der Waals surface area contributed by atoms with Gasteiger partial charge in [0.15, 0.2) is 5.58 Å². The van der Waals surface area contributed by atoms with Crippen LogP contribution in [0.3, 0.4) is 0 Å². The molecule has 0 unspecified atom stereocenters. The molecule has 4 nitrogen and oxygen atoms in total. The molecule has 0 saturated carbocycles. The number of anilines is 3. The van der Waals surface area contributed by atoms with Crippen LogP contribution in [0.25, 0.3) is 66.6 Å². The van der Waals surface area contributed by atoms with E-state index in [1.54, 1.807) is 0 Å². The van der Waals surface area contributed by atoms with Crippen molar-refractivity contribution in [3.8, 4) is 34.0 Å². The second-order valence-electron chi connectivity index (χ2n) is 11.8. The maximum atomic E-state index is 6.68. The number of pyridine rings is 1. The Balaban J connectivity index is 1.33. The number of benzene rings is 7. The monoisotopic (exact) mass is 615 g/mol. The Kier molecular flexibility index (Phi) is 6.76. The average molecular weight is 616 g/mol. The molecule has 9 rings (SSSR count). The molecule has 0 bridgehead atoms. The van der Waals surface area contributed by atoms with Gasteiger partial charge in [0.2, 0.25) is 5.89 Å². The number of fused-ring (bicyclic) bond motifs is 5. The highest BCUT2D eigenvalue weighted by atomic mass is 16.3. The van der Waals surface area contributed by atoms with Gasteiger partial charge in [-0.25, -0.2) is 9.97 Å². The van der Waals surface area contributed by atoms with Crippen LogP contribution in [-0.4, -0.2) is 9.97 Å². The molecule has 0 N–H and O–H groups in total. The zero-order valence-electron chi connectivity index (χ0n) is 26.0. The van der Waals surface area contributed by atoms with Gasteiger partial charge in [-0.3, -0.25) is 0 Å². The fraction of sp³-hybridized carbons (Fsp3) is 0. The van der Waals surface area contributed by atoms with Crippen LogP contribution < -0.4 is 4.90 Å². The van der Waals surface area contributed by atoms with E-state index in [9.17, 15) is 0 Å². The smallest absolute Gasteiger partial charge is 0.227 e. The second kappa shape index (κ2) is 11.7. The Morgan fingerprint density at radius 1 is 0.438 bits per heavy atom. The summed E-state index contributed by atoms with van der Waals surface area (Å²) in [6.45, 7) is 0. The average Bonchev–Trinajstić information content (AvgIpc) is 3.61. The molecule has 0 fully saturated rings. The van der Waals surface area contributed by atoms with Gasteiger partial charge in [-0.15, -0.1) is 0 Å². The molecule has 0 aliphatic carbocycles. The van der Waals surface area contributed by atoms with Crippen molar-refractivity contribution in [3.63, 3.8) is 0 Å². The van der Waals surface area contributed by atoms with Crippen molar-refractivity contribution in [1.82, 2.24) is 9.97 Å². The predicted molar refractivity (Wildman–Crippen MR) is 198 cm³/mol. The third kappa shape index (κ3) is 4.88. The quantitative estimate of drug-likeness (QED) is 0.175. The van der Waals surface area contributed by atoms with Gasteiger partial charge in [0, 0.05) is 39.1 Å². The van der Waals surface area contributed by atoms with Crippen molar-refractivity contribution < 1.29 is 4.42 Å². The Morgan fingerprint density at radius 3 is 1.75 bits per heavy atom. The molecule has 2 aromatic heterocycles. The molecule has 7 aromatic carbocycles. The number of oxazole rings is 1. The summed E-state index contributed by atoms with van der Waals surface area (Å²) in [4.78, 5) is 12.4. The van der Waals surface area contributed by atoms with Gasteiger partial charge in [0.05, 0.1) is 11.4 Å². The van der Waals surface area contributed by atoms with Gasteiger partial charge >= 0.3 is 0 Å². The van der Waals surface area contributed by atoms with E-state index in [1.165, 1.54) is 0 Å². The first-order valence-electron chi connectivity index (χ1n) is 16.1. The summed E-state index contributed by atoms with van der Waals surface area (Å²) in [6, 6.07) is 60.8. The minimum atomic E-state index is 0.604. The lowest BCUT2D eigenvalue weighted by atomic mass is 9.94. The number of para-hydroxylation sites is 2. The molecular weight excluding hydrogens is 587 g/mol. The van der Waals surface area contributed by atoms with Crippen LogP contribution in [0.15, 0.2) is 180 Å². The van der Waals surface area contributed by atoms with Crippen LogP contribution in [0, 0.1) is 0 Å².